The highest BCUT2D eigenvalue weighted by Gasteiger charge is 2.34. The van der Waals surface area contributed by atoms with Crippen molar-refractivity contribution in [1.29, 1.82) is 0 Å². The number of carbonyl (C=O) groups is 1. The smallest absolute Gasteiger partial charge is 0.143 e. The number of hydrogen-bond acceptors (Lipinski definition) is 4. The van der Waals surface area contributed by atoms with Crippen LogP contribution in [0.3, 0.4) is 0 Å². The first-order chi connectivity index (χ1) is 12.0. The van der Waals surface area contributed by atoms with Crippen molar-refractivity contribution in [2.45, 2.75) is 57.5 Å². The Balaban J connectivity index is 1.66. The SMILES string of the molecule is COCc1cc(Br)ccc1CC(=O)Cc1cc(C2(C)CCCC2)on1. The molecule has 0 bridgehead atoms. The first kappa shape index (κ1) is 18.3. The molecule has 0 unspecified atom stereocenters. The fraction of sp³-hybridized carbons (Fsp3) is 0.500. The van der Waals surface area contributed by atoms with Gasteiger partial charge >= 0.3 is 0 Å². The summed E-state index contributed by atoms with van der Waals surface area (Å²) in [5.74, 6) is 1.06. The Morgan fingerprint density at radius 2 is 2.00 bits per heavy atom. The molecule has 1 saturated carbocycles. The number of Topliss-reactive ketones (excluding diaryl/α,β-unsaturated/α-hetero) is 1. The minimum atomic E-state index is 0.0889. The Labute approximate surface area is 157 Å². The van der Waals surface area contributed by atoms with Crippen molar-refractivity contribution in [1.82, 2.24) is 5.16 Å². The van der Waals surface area contributed by atoms with Crippen molar-refractivity contribution < 1.29 is 14.1 Å². The number of carbonyl (C=O) groups excluding carboxylic acids is 1. The lowest BCUT2D eigenvalue weighted by atomic mass is 9.86. The number of ether oxygens (including phenoxy) is 1. The zero-order chi connectivity index (χ0) is 17.9. The second-order valence-electron chi connectivity index (χ2n) is 7.19. The standard InChI is InChI=1S/C20H24BrNO3/c1-20(7-3-4-8-20)19-12-17(22-25-19)11-18(23)10-14-5-6-16(21)9-15(14)13-24-2/h5-6,9,12H,3-4,7-8,10-11,13H2,1-2H3. The largest absolute Gasteiger partial charge is 0.380 e. The topological polar surface area (TPSA) is 52.3 Å². The van der Waals surface area contributed by atoms with Crippen LogP contribution in [0, 0.1) is 0 Å². The van der Waals surface area contributed by atoms with Gasteiger partial charge in [-0.25, -0.2) is 0 Å². The Kier molecular flexibility index (Phi) is 5.74. The molecule has 3 rings (SSSR count). The summed E-state index contributed by atoms with van der Waals surface area (Å²) >= 11 is 3.46. The van der Waals surface area contributed by atoms with E-state index in [0.717, 1.165) is 39.9 Å². The Morgan fingerprint density at radius 1 is 1.24 bits per heavy atom. The van der Waals surface area contributed by atoms with E-state index < -0.39 is 0 Å². The lowest BCUT2D eigenvalue weighted by molar-refractivity contribution is -0.117. The van der Waals surface area contributed by atoms with Gasteiger partial charge in [0.05, 0.1) is 18.7 Å². The summed E-state index contributed by atoms with van der Waals surface area (Å²) < 4.78 is 11.8. The van der Waals surface area contributed by atoms with Crippen LogP contribution in [-0.2, 0) is 34.4 Å². The van der Waals surface area contributed by atoms with Gasteiger partial charge in [-0.3, -0.25) is 4.79 Å². The second kappa shape index (κ2) is 7.83. The van der Waals surface area contributed by atoms with Crippen LogP contribution in [0.1, 0.15) is 55.2 Å². The fourth-order valence-electron chi connectivity index (χ4n) is 3.62. The number of halogens is 1. The zero-order valence-corrected chi connectivity index (χ0v) is 16.4. The van der Waals surface area contributed by atoms with Crippen molar-refractivity contribution >= 4 is 21.7 Å². The Bertz CT molecular complexity index is 747. The summed E-state index contributed by atoms with van der Waals surface area (Å²) in [6, 6.07) is 7.91. The highest BCUT2D eigenvalue weighted by Crippen LogP contribution is 2.40. The number of benzene rings is 1. The van der Waals surface area contributed by atoms with E-state index in [1.807, 2.05) is 24.3 Å². The second-order valence-corrected chi connectivity index (χ2v) is 8.10. The maximum Gasteiger partial charge on any atom is 0.143 e. The molecule has 4 nitrogen and oxygen atoms in total. The molecule has 134 valence electrons. The highest BCUT2D eigenvalue weighted by molar-refractivity contribution is 9.10. The van der Waals surface area contributed by atoms with Gasteiger partial charge in [-0.05, 0) is 36.1 Å². The maximum absolute atomic E-state index is 12.5. The van der Waals surface area contributed by atoms with E-state index in [4.69, 9.17) is 9.26 Å². The number of nitrogens with zero attached hydrogens (tertiary/aromatic N) is 1. The minimum Gasteiger partial charge on any atom is -0.380 e. The number of hydrogen-bond donors (Lipinski definition) is 0. The van der Waals surface area contributed by atoms with Crippen LogP contribution in [0.5, 0.6) is 0 Å². The van der Waals surface area contributed by atoms with Gasteiger partial charge in [0, 0.05) is 29.5 Å². The lowest BCUT2D eigenvalue weighted by Gasteiger charge is -2.18. The Morgan fingerprint density at radius 3 is 2.72 bits per heavy atom. The van der Waals surface area contributed by atoms with Gasteiger partial charge < -0.3 is 9.26 Å². The molecule has 25 heavy (non-hydrogen) atoms. The molecular weight excluding hydrogens is 382 g/mol. The van der Waals surface area contributed by atoms with Gasteiger partial charge in [-0.15, -0.1) is 0 Å². The van der Waals surface area contributed by atoms with Gasteiger partial charge in [0.1, 0.15) is 11.5 Å². The summed E-state index contributed by atoms with van der Waals surface area (Å²) in [6.45, 7) is 2.72. The molecule has 1 aliphatic carbocycles. The summed E-state index contributed by atoms with van der Waals surface area (Å²) in [5.41, 5.74) is 2.86. The lowest BCUT2D eigenvalue weighted by Crippen LogP contribution is -2.15. The molecule has 1 aromatic heterocycles. The van der Waals surface area contributed by atoms with Crippen LogP contribution >= 0.6 is 15.9 Å². The van der Waals surface area contributed by atoms with Crippen molar-refractivity contribution in [3.63, 3.8) is 0 Å². The van der Waals surface area contributed by atoms with E-state index in [-0.39, 0.29) is 11.2 Å². The van der Waals surface area contributed by atoms with Crippen molar-refractivity contribution in [3.8, 4) is 0 Å². The number of ketones is 1. The third-order valence-corrected chi connectivity index (χ3v) is 5.59. The van der Waals surface area contributed by atoms with E-state index in [9.17, 15) is 4.79 Å². The average molecular weight is 406 g/mol. The van der Waals surface area contributed by atoms with E-state index in [1.165, 1.54) is 12.8 Å². The number of rotatable bonds is 7. The molecular formula is C20H24BrNO3. The van der Waals surface area contributed by atoms with Gasteiger partial charge in [0.15, 0.2) is 0 Å². The van der Waals surface area contributed by atoms with Crippen LogP contribution in [0.4, 0.5) is 0 Å². The van der Waals surface area contributed by atoms with Crippen molar-refractivity contribution in [3.05, 3.63) is 51.3 Å². The molecule has 1 fully saturated rings. The summed E-state index contributed by atoms with van der Waals surface area (Å²) in [4.78, 5) is 12.5. The average Bonchev–Trinajstić information content (AvgIpc) is 3.20. The van der Waals surface area contributed by atoms with Crippen LogP contribution < -0.4 is 0 Å². The molecule has 0 atom stereocenters. The van der Waals surface area contributed by atoms with E-state index in [0.29, 0.717) is 19.4 Å². The third-order valence-electron chi connectivity index (χ3n) is 5.09. The van der Waals surface area contributed by atoms with Crippen LogP contribution in [-0.4, -0.2) is 18.0 Å². The highest BCUT2D eigenvalue weighted by atomic mass is 79.9. The number of aromatic nitrogens is 1. The molecule has 1 aromatic carbocycles. The van der Waals surface area contributed by atoms with Crippen LogP contribution in [0.25, 0.3) is 0 Å². The molecule has 2 aromatic rings. The van der Waals surface area contributed by atoms with E-state index in [1.54, 1.807) is 7.11 Å². The molecule has 1 aliphatic rings. The first-order valence-electron chi connectivity index (χ1n) is 8.74. The first-order valence-corrected chi connectivity index (χ1v) is 9.53. The van der Waals surface area contributed by atoms with E-state index >= 15 is 0 Å². The normalized spacial score (nSPS) is 16.3. The van der Waals surface area contributed by atoms with Crippen LogP contribution in [0.15, 0.2) is 33.3 Å². The molecule has 5 heteroatoms. The minimum absolute atomic E-state index is 0.0889. The molecule has 0 N–H and O–H groups in total. The van der Waals surface area contributed by atoms with Gasteiger partial charge in [-0.1, -0.05) is 46.9 Å². The summed E-state index contributed by atoms with van der Waals surface area (Å²) in [7, 11) is 1.66. The molecule has 1 heterocycles. The maximum atomic E-state index is 12.5. The molecule has 0 radical (unpaired) electrons. The van der Waals surface area contributed by atoms with Gasteiger partial charge in [0.25, 0.3) is 0 Å². The molecule has 0 saturated heterocycles. The Hall–Kier alpha value is -1.46. The van der Waals surface area contributed by atoms with Gasteiger partial charge in [0.2, 0.25) is 0 Å². The molecule has 0 spiro atoms. The van der Waals surface area contributed by atoms with Gasteiger partial charge in [-0.2, -0.15) is 0 Å². The predicted octanol–water partition coefficient (Wildman–Crippen LogP) is 4.77. The monoisotopic (exact) mass is 405 g/mol. The van der Waals surface area contributed by atoms with E-state index in [2.05, 4.69) is 28.0 Å². The zero-order valence-electron chi connectivity index (χ0n) is 14.8. The third kappa shape index (κ3) is 4.39. The number of methoxy groups -OCH3 is 1. The molecule has 0 aliphatic heterocycles. The quantitative estimate of drug-likeness (QED) is 0.665. The molecule has 0 amide bonds. The fourth-order valence-corrected chi connectivity index (χ4v) is 4.02. The van der Waals surface area contributed by atoms with Crippen molar-refractivity contribution in [2.75, 3.05) is 7.11 Å². The van der Waals surface area contributed by atoms with Crippen molar-refractivity contribution in [2.24, 2.45) is 0 Å². The predicted molar refractivity (Wildman–Crippen MR) is 99.6 cm³/mol. The summed E-state index contributed by atoms with van der Waals surface area (Å²) in [5, 5.41) is 4.13. The van der Waals surface area contributed by atoms with Crippen LogP contribution in [0.2, 0.25) is 0 Å². The summed E-state index contributed by atoms with van der Waals surface area (Å²) in [6.07, 6.45) is 5.42.